The largest absolute Gasteiger partial charge is 0.586 e. The summed E-state index contributed by atoms with van der Waals surface area (Å²) in [6, 6.07) is 2.45. The summed E-state index contributed by atoms with van der Waals surface area (Å²) in [6.07, 6.45) is 1.11. The number of nitrogens with zero attached hydrogens (tertiary/aromatic N) is 9. The van der Waals surface area contributed by atoms with Crippen molar-refractivity contribution in [2.45, 2.75) is 19.0 Å². The van der Waals surface area contributed by atoms with Crippen molar-refractivity contribution in [3.05, 3.63) is 54.4 Å². The molecule has 0 saturated carbocycles. The second-order valence-electron chi connectivity index (χ2n) is 6.59. The molecule has 6 rings (SSSR count). The monoisotopic (exact) mass is 403 g/mol. The molecule has 144 valence electrons. The van der Waals surface area contributed by atoms with Gasteiger partial charge in [-0.2, -0.15) is 18.2 Å². The van der Waals surface area contributed by atoms with Crippen molar-refractivity contribution in [3.8, 4) is 23.0 Å². The van der Waals surface area contributed by atoms with Crippen LogP contribution in [0, 0.1) is 12.7 Å². The molecule has 1 spiro atoms. The lowest BCUT2D eigenvalue weighted by molar-refractivity contribution is -0.990. The van der Waals surface area contributed by atoms with Gasteiger partial charge in [-0.05, 0) is 6.92 Å². The molecular formula is C16H9F4N9+2. The van der Waals surface area contributed by atoms with Crippen molar-refractivity contribution in [2.75, 3.05) is 0 Å². The van der Waals surface area contributed by atoms with Crippen molar-refractivity contribution in [3.63, 3.8) is 0 Å². The number of hydrogen-bond acceptors (Lipinski definition) is 5. The van der Waals surface area contributed by atoms with E-state index in [0.717, 1.165) is 4.68 Å². The van der Waals surface area contributed by atoms with Gasteiger partial charge in [0, 0.05) is 6.07 Å². The maximum atomic E-state index is 14.0. The quantitative estimate of drug-likeness (QED) is 0.272. The predicted molar refractivity (Wildman–Crippen MR) is 83.0 cm³/mol. The highest BCUT2D eigenvalue weighted by atomic mass is 19.4. The molecule has 6 heterocycles. The highest BCUT2D eigenvalue weighted by molar-refractivity contribution is 5.51. The minimum absolute atomic E-state index is 0.0470. The number of rotatable bonds is 0. The summed E-state index contributed by atoms with van der Waals surface area (Å²) >= 11 is 0. The van der Waals surface area contributed by atoms with Crippen molar-refractivity contribution in [1.29, 1.82) is 0 Å². The smallest absolute Gasteiger partial charge is 0.251 e. The van der Waals surface area contributed by atoms with Gasteiger partial charge in [-0.1, -0.05) is 18.5 Å². The lowest BCUT2D eigenvalue weighted by Crippen LogP contribution is -2.77. The van der Waals surface area contributed by atoms with Crippen LogP contribution in [0.1, 0.15) is 11.6 Å². The summed E-state index contributed by atoms with van der Waals surface area (Å²) in [6.45, 7) is 1.64. The summed E-state index contributed by atoms with van der Waals surface area (Å²) < 4.78 is 59.9. The van der Waals surface area contributed by atoms with Crippen molar-refractivity contribution < 1.29 is 26.7 Å². The molecule has 0 amide bonds. The number of aromatic nitrogens is 9. The van der Waals surface area contributed by atoms with Crippen LogP contribution in [-0.2, 0) is 12.1 Å². The van der Waals surface area contributed by atoms with Gasteiger partial charge >= 0.3 is 12.1 Å². The van der Waals surface area contributed by atoms with E-state index in [9.17, 15) is 17.6 Å². The first-order valence-corrected chi connectivity index (χ1v) is 8.39. The van der Waals surface area contributed by atoms with E-state index in [1.807, 2.05) is 0 Å². The molecule has 1 atom stereocenters. The lowest BCUT2D eigenvalue weighted by atomic mass is 10.3. The summed E-state index contributed by atoms with van der Waals surface area (Å²) in [5, 5.41) is 8.16. The molecule has 2 aliphatic rings. The third kappa shape index (κ3) is 1.77. The van der Waals surface area contributed by atoms with Gasteiger partial charge < -0.3 is 0 Å². The van der Waals surface area contributed by atoms with E-state index in [2.05, 4.69) is 25.1 Å². The number of aryl methyl sites for hydroxylation is 1. The van der Waals surface area contributed by atoms with Crippen LogP contribution < -0.4 is 9.13 Å². The van der Waals surface area contributed by atoms with Gasteiger partial charge in [0.2, 0.25) is 11.6 Å². The number of fused-ring (bicyclic) bond motifs is 10. The molecule has 13 heteroatoms. The van der Waals surface area contributed by atoms with E-state index < -0.39 is 23.7 Å². The zero-order chi connectivity index (χ0) is 20.1. The van der Waals surface area contributed by atoms with Crippen LogP contribution in [0.25, 0.3) is 23.0 Å². The molecule has 0 radical (unpaired) electrons. The third-order valence-corrected chi connectivity index (χ3v) is 4.92. The predicted octanol–water partition coefficient (Wildman–Crippen LogP) is 0.479. The summed E-state index contributed by atoms with van der Waals surface area (Å²) in [5.41, 5.74) is 0.622. The highest BCUT2D eigenvalue weighted by Gasteiger charge is 2.71. The van der Waals surface area contributed by atoms with Crippen molar-refractivity contribution in [2.24, 2.45) is 0 Å². The van der Waals surface area contributed by atoms with Gasteiger partial charge in [0.15, 0.2) is 12.4 Å². The highest BCUT2D eigenvalue weighted by Crippen LogP contribution is 2.37. The first-order valence-electron chi connectivity index (χ1n) is 8.39. The Morgan fingerprint density at radius 3 is 2.52 bits per heavy atom. The minimum atomic E-state index is -4.75. The first-order chi connectivity index (χ1) is 13.8. The number of hydrogen-bond donors (Lipinski definition) is 0. The Morgan fingerprint density at radius 2 is 1.72 bits per heavy atom. The Bertz CT molecular complexity index is 1340. The Balaban J connectivity index is 1.81. The maximum Gasteiger partial charge on any atom is 0.586 e. The second-order valence-corrected chi connectivity index (χ2v) is 6.59. The third-order valence-electron chi connectivity index (χ3n) is 4.92. The zero-order valence-electron chi connectivity index (χ0n) is 14.5. The van der Waals surface area contributed by atoms with E-state index in [4.69, 9.17) is 0 Å². The molecule has 2 aliphatic heterocycles. The van der Waals surface area contributed by atoms with Gasteiger partial charge in [0.25, 0.3) is 17.2 Å². The summed E-state index contributed by atoms with van der Waals surface area (Å²) in [7, 11) is 0. The van der Waals surface area contributed by atoms with E-state index in [1.54, 1.807) is 22.3 Å². The Morgan fingerprint density at radius 1 is 1.00 bits per heavy atom. The van der Waals surface area contributed by atoms with E-state index in [1.165, 1.54) is 35.4 Å². The van der Waals surface area contributed by atoms with Crippen LogP contribution in [-0.4, -0.2) is 34.5 Å². The molecule has 4 aromatic heterocycles. The van der Waals surface area contributed by atoms with E-state index >= 15 is 0 Å². The molecule has 9 nitrogen and oxygen atoms in total. The van der Waals surface area contributed by atoms with Gasteiger partial charge in [-0.3, -0.25) is 4.98 Å². The van der Waals surface area contributed by atoms with Gasteiger partial charge in [0.05, 0.1) is 12.3 Å². The molecule has 0 aromatic carbocycles. The molecule has 0 fully saturated rings. The molecule has 4 aromatic rings. The SMILES string of the molecule is Cc1nc2n(n1)C1(n3nc(C(F)(F)F)nc3-c3cncc[n+]31)[n+]1ccc(F)cc1-2. The van der Waals surface area contributed by atoms with Gasteiger partial charge in [-0.25, -0.2) is 9.37 Å². The Hall–Kier alpha value is -3.77. The minimum Gasteiger partial charge on any atom is -0.251 e. The molecule has 29 heavy (non-hydrogen) atoms. The molecule has 0 N–H and O–H groups in total. The normalized spacial score (nSPS) is 18.7. The Labute approximate surface area is 158 Å². The average molecular weight is 403 g/mol. The van der Waals surface area contributed by atoms with Gasteiger partial charge in [0.1, 0.15) is 17.8 Å². The number of halogens is 4. The number of pyridine rings is 1. The van der Waals surface area contributed by atoms with Crippen LogP contribution in [0.2, 0.25) is 0 Å². The van der Waals surface area contributed by atoms with Crippen LogP contribution in [0.15, 0.2) is 36.9 Å². The molecule has 0 bridgehead atoms. The standard InChI is InChI=1S/C16H9F4N9/c1-8-22-12-10-6-9(17)2-4-26(10)16(28(12)24-8)27-5-3-21-7-11(27)13-23-14(15(18,19)20)25-29(13)16/h2-7H,1H3/q+2. The van der Waals surface area contributed by atoms with Crippen LogP contribution in [0.5, 0.6) is 0 Å². The lowest BCUT2D eigenvalue weighted by Gasteiger charge is -2.15. The van der Waals surface area contributed by atoms with E-state index in [-0.39, 0.29) is 11.6 Å². The van der Waals surface area contributed by atoms with Crippen molar-refractivity contribution in [1.82, 2.24) is 34.5 Å². The van der Waals surface area contributed by atoms with E-state index in [0.29, 0.717) is 17.2 Å². The molecular weight excluding hydrogens is 394 g/mol. The average Bonchev–Trinajstić information content (AvgIpc) is 3.37. The van der Waals surface area contributed by atoms with Crippen molar-refractivity contribution >= 4 is 0 Å². The second kappa shape index (κ2) is 4.79. The topological polar surface area (TPSA) is 82.1 Å². The molecule has 0 aliphatic carbocycles. The van der Waals surface area contributed by atoms with Crippen LogP contribution >= 0.6 is 0 Å². The molecule has 0 saturated heterocycles. The molecule has 1 unspecified atom stereocenters. The fourth-order valence-electron chi connectivity index (χ4n) is 3.91. The summed E-state index contributed by atoms with van der Waals surface area (Å²) in [5.74, 6) is -2.77. The number of alkyl halides is 3. The van der Waals surface area contributed by atoms with Crippen LogP contribution in [0.3, 0.4) is 0 Å². The maximum absolute atomic E-state index is 14.0. The zero-order valence-corrected chi connectivity index (χ0v) is 14.5. The first kappa shape index (κ1) is 16.2. The summed E-state index contributed by atoms with van der Waals surface area (Å²) in [4.78, 5) is 12.1. The van der Waals surface area contributed by atoms with Gasteiger partial charge in [-0.15, -0.1) is 10.2 Å². The fourth-order valence-corrected chi connectivity index (χ4v) is 3.91. The van der Waals surface area contributed by atoms with Crippen LogP contribution in [0.4, 0.5) is 17.6 Å². The Kier molecular flexibility index (Phi) is 2.68. The fraction of sp³-hybridized carbons (Fsp3) is 0.188.